The van der Waals surface area contributed by atoms with Crippen molar-refractivity contribution in [1.82, 2.24) is 10.2 Å². The van der Waals surface area contributed by atoms with E-state index in [-0.39, 0.29) is 18.9 Å². The Kier molecular flexibility index (Phi) is 3.28. The number of rotatable bonds is 4. The second kappa shape index (κ2) is 4.29. The molecule has 0 spiro atoms. The summed E-state index contributed by atoms with van der Waals surface area (Å²) in [4.78, 5) is 34.3. The molecule has 0 saturated carbocycles. The Bertz CT molecular complexity index is 284. The van der Waals surface area contributed by atoms with Crippen LogP contribution in [-0.4, -0.2) is 40.5 Å². The molecule has 1 heterocycles. The summed E-state index contributed by atoms with van der Waals surface area (Å²) < 4.78 is 0. The van der Waals surface area contributed by atoms with Crippen LogP contribution < -0.4 is 5.32 Å². The highest BCUT2D eigenvalue weighted by molar-refractivity contribution is 6.04. The third-order valence-electron chi connectivity index (χ3n) is 2.17. The Morgan fingerprint density at radius 2 is 2.13 bits per heavy atom. The van der Waals surface area contributed by atoms with E-state index in [1.54, 1.807) is 0 Å². The van der Waals surface area contributed by atoms with Gasteiger partial charge in [-0.15, -0.1) is 0 Å². The molecule has 1 atom stereocenters. The van der Waals surface area contributed by atoms with Gasteiger partial charge in [-0.05, 0) is 12.3 Å². The predicted octanol–water partition coefficient (Wildman–Crippen LogP) is 0.0375. The first kappa shape index (κ1) is 11.5. The number of carbonyl (C=O) groups is 3. The molecular formula is C9H14N2O4. The van der Waals surface area contributed by atoms with Crippen LogP contribution in [0.25, 0.3) is 0 Å². The molecule has 3 amide bonds. The van der Waals surface area contributed by atoms with Gasteiger partial charge in [0.2, 0.25) is 0 Å². The Morgan fingerprint density at radius 1 is 1.53 bits per heavy atom. The zero-order valence-electron chi connectivity index (χ0n) is 8.69. The monoisotopic (exact) mass is 214 g/mol. The van der Waals surface area contributed by atoms with Crippen molar-refractivity contribution >= 4 is 17.9 Å². The summed E-state index contributed by atoms with van der Waals surface area (Å²) in [7, 11) is 0. The number of imide groups is 1. The van der Waals surface area contributed by atoms with Crippen LogP contribution in [0.4, 0.5) is 4.79 Å². The number of hydrogen-bond acceptors (Lipinski definition) is 3. The van der Waals surface area contributed by atoms with E-state index in [9.17, 15) is 14.4 Å². The van der Waals surface area contributed by atoms with Crippen molar-refractivity contribution in [3.8, 4) is 0 Å². The molecule has 0 bridgehead atoms. The zero-order chi connectivity index (χ0) is 11.6. The fourth-order valence-electron chi connectivity index (χ4n) is 1.51. The number of urea groups is 1. The second-order valence-corrected chi connectivity index (χ2v) is 3.91. The lowest BCUT2D eigenvalue weighted by Gasteiger charge is -2.22. The van der Waals surface area contributed by atoms with Crippen molar-refractivity contribution in [2.24, 2.45) is 5.92 Å². The van der Waals surface area contributed by atoms with Gasteiger partial charge in [-0.3, -0.25) is 4.79 Å². The summed E-state index contributed by atoms with van der Waals surface area (Å²) in [6, 6.07) is -1.67. The summed E-state index contributed by atoms with van der Waals surface area (Å²) >= 11 is 0. The van der Waals surface area contributed by atoms with Crippen molar-refractivity contribution in [3.63, 3.8) is 0 Å². The number of carboxylic acids is 1. The first-order valence-corrected chi connectivity index (χ1v) is 4.76. The van der Waals surface area contributed by atoms with Gasteiger partial charge in [0.25, 0.3) is 5.91 Å². The molecule has 2 N–H and O–H groups in total. The molecule has 84 valence electrons. The largest absolute Gasteiger partial charge is 0.480 e. The summed E-state index contributed by atoms with van der Waals surface area (Å²) in [6.45, 7) is 3.57. The van der Waals surface area contributed by atoms with Crippen LogP contribution in [0.3, 0.4) is 0 Å². The van der Waals surface area contributed by atoms with Crippen molar-refractivity contribution < 1.29 is 19.5 Å². The highest BCUT2D eigenvalue weighted by atomic mass is 16.4. The van der Waals surface area contributed by atoms with Gasteiger partial charge in [0.15, 0.2) is 0 Å². The SMILES string of the molecule is CC(C)C[C@@H](C(=O)O)N1C(=O)CNC1=O. The normalized spacial score (nSPS) is 18.2. The van der Waals surface area contributed by atoms with E-state index in [4.69, 9.17) is 5.11 Å². The number of carbonyl (C=O) groups excluding carboxylic acids is 2. The topological polar surface area (TPSA) is 86.7 Å². The van der Waals surface area contributed by atoms with Gasteiger partial charge in [-0.2, -0.15) is 0 Å². The highest BCUT2D eigenvalue weighted by Gasteiger charge is 2.38. The molecule has 0 aliphatic carbocycles. The number of nitrogens with zero attached hydrogens (tertiary/aromatic N) is 1. The highest BCUT2D eigenvalue weighted by Crippen LogP contribution is 2.14. The molecule has 1 rings (SSSR count). The van der Waals surface area contributed by atoms with Gasteiger partial charge >= 0.3 is 12.0 Å². The molecule has 0 aromatic heterocycles. The number of nitrogens with one attached hydrogen (secondary N) is 1. The first-order valence-electron chi connectivity index (χ1n) is 4.76. The van der Waals surface area contributed by atoms with Gasteiger partial charge < -0.3 is 10.4 Å². The van der Waals surface area contributed by atoms with Gasteiger partial charge in [0.1, 0.15) is 6.04 Å². The van der Waals surface area contributed by atoms with Gasteiger partial charge in [-0.1, -0.05) is 13.8 Å². The number of amides is 3. The van der Waals surface area contributed by atoms with E-state index in [0.29, 0.717) is 0 Å². The Morgan fingerprint density at radius 3 is 2.47 bits per heavy atom. The molecule has 1 saturated heterocycles. The molecule has 0 aromatic rings. The fraction of sp³-hybridized carbons (Fsp3) is 0.667. The quantitative estimate of drug-likeness (QED) is 0.647. The van der Waals surface area contributed by atoms with Crippen molar-refractivity contribution in [2.45, 2.75) is 26.3 Å². The Labute approximate surface area is 87.2 Å². The second-order valence-electron chi connectivity index (χ2n) is 3.91. The molecule has 6 heteroatoms. The fourth-order valence-corrected chi connectivity index (χ4v) is 1.51. The molecule has 15 heavy (non-hydrogen) atoms. The Balaban J connectivity index is 2.83. The summed E-state index contributed by atoms with van der Waals surface area (Å²) in [5.41, 5.74) is 0. The summed E-state index contributed by atoms with van der Waals surface area (Å²) in [5.74, 6) is -1.52. The number of hydrogen-bond donors (Lipinski definition) is 2. The Hall–Kier alpha value is -1.59. The number of aliphatic carboxylic acids is 1. The molecular weight excluding hydrogens is 200 g/mol. The molecule has 6 nitrogen and oxygen atoms in total. The van der Waals surface area contributed by atoms with E-state index in [2.05, 4.69) is 5.32 Å². The van der Waals surface area contributed by atoms with E-state index in [1.165, 1.54) is 0 Å². The zero-order valence-corrected chi connectivity index (χ0v) is 8.69. The average Bonchev–Trinajstić information content (AvgIpc) is 2.42. The van der Waals surface area contributed by atoms with E-state index >= 15 is 0 Å². The third kappa shape index (κ3) is 2.45. The molecule has 0 aromatic carbocycles. The minimum atomic E-state index is -1.14. The standard InChI is InChI=1S/C9H14N2O4/c1-5(2)3-6(8(13)14)11-7(12)4-10-9(11)15/h5-6H,3-4H2,1-2H3,(H,10,15)(H,13,14)/t6-/m0/s1. The maximum Gasteiger partial charge on any atom is 0.326 e. The molecule has 1 aliphatic rings. The number of carboxylic acid groups (broad SMARTS) is 1. The predicted molar refractivity (Wildman–Crippen MR) is 51.1 cm³/mol. The van der Waals surface area contributed by atoms with Gasteiger partial charge in [0, 0.05) is 0 Å². The lowest BCUT2D eigenvalue weighted by molar-refractivity contribution is -0.146. The van der Waals surface area contributed by atoms with Crippen molar-refractivity contribution in [3.05, 3.63) is 0 Å². The van der Waals surface area contributed by atoms with Crippen LogP contribution in [0.1, 0.15) is 20.3 Å². The smallest absolute Gasteiger partial charge is 0.326 e. The van der Waals surface area contributed by atoms with Crippen molar-refractivity contribution in [1.29, 1.82) is 0 Å². The molecule has 0 radical (unpaired) electrons. The van der Waals surface area contributed by atoms with E-state index < -0.39 is 23.9 Å². The third-order valence-corrected chi connectivity index (χ3v) is 2.17. The minimum absolute atomic E-state index is 0.104. The lowest BCUT2D eigenvalue weighted by atomic mass is 10.0. The molecule has 0 unspecified atom stereocenters. The summed E-state index contributed by atoms with van der Waals surface area (Å²) in [5, 5.41) is 11.2. The first-order chi connectivity index (χ1) is 6.93. The minimum Gasteiger partial charge on any atom is -0.480 e. The lowest BCUT2D eigenvalue weighted by Crippen LogP contribution is -2.46. The van der Waals surface area contributed by atoms with Crippen LogP contribution in [0.5, 0.6) is 0 Å². The maximum atomic E-state index is 11.3. The van der Waals surface area contributed by atoms with Crippen LogP contribution in [0.2, 0.25) is 0 Å². The maximum absolute atomic E-state index is 11.3. The molecule has 1 fully saturated rings. The van der Waals surface area contributed by atoms with Crippen LogP contribution >= 0.6 is 0 Å². The van der Waals surface area contributed by atoms with Crippen LogP contribution in [-0.2, 0) is 9.59 Å². The average molecular weight is 214 g/mol. The molecule has 1 aliphatic heterocycles. The van der Waals surface area contributed by atoms with Gasteiger partial charge in [0.05, 0.1) is 6.54 Å². The van der Waals surface area contributed by atoms with Gasteiger partial charge in [-0.25, -0.2) is 14.5 Å². The van der Waals surface area contributed by atoms with E-state index in [0.717, 1.165) is 4.90 Å². The summed E-state index contributed by atoms with van der Waals surface area (Å²) in [6.07, 6.45) is 0.272. The van der Waals surface area contributed by atoms with Crippen LogP contribution in [0.15, 0.2) is 0 Å². The van der Waals surface area contributed by atoms with Crippen LogP contribution in [0, 0.1) is 5.92 Å². The van der Waals surface area contributed by atoms with E-state index in [1.807, 2.05) is 13.8 Å². The van der Waals surface area contributed by atoms with Crippen molar-refractivity contribution in [2.75, 3.05) is 6.54 Å².